The fraction of sp³-hybridized carbons (Fsp3) is 0.778. The fourth-order valence-corrected chi connectivity index (χ4v) is 1.26. The molecule has 1 aliphatic carbocycles. The van der Waals surface area contributed by atoms with Crippen LogP contribution in [0.5, 0.6) is 0 Å². The van der Waals surface area contributed by atoms with Gasteiger partial charge in [-0.1, -0.05) is 25.7 Å². The SMILES string of the molecule is O=C(O)CC(=O)O.[NH-][C@H]1CCCC[C@@H]1[NH-].[Pt+2]. The van der Waals surface area contributed by atoms with Crippen molar-refractivity contribution in [1.29, 1.82) is 0 Å². The molecule has 7 heteroatoms. The topological polar surface area (TPSA) is 122 Å². The van der Waals surface area contributed by atoms with E-state index < -0.39 is 18.4 Å². The number of carboxylic acids is 2. The van der Waals surface area contributed by atoms with Crippen LogP contribution in [0.1, 0.15) is 32.1 Å². The summed E-state index contributed by atoms with van der Waals surface area (Å²) in [7, 11) is 0. The van der Waals surface area contributed by atoms with Crippen LogP contribution >= 0.6 is 0 Å². The van der Waals surface area contributed by atoms with Crippen LogP contribution in [0.4, 0.5) is 0 Å². The number of nitrogens with one attached hydrogen (secondary N) is 2. The van der Waals surface area contributed by atoms with Gasteiger partial charge in [-0.3, -0.25) is 9.59 Å². The zero-order valence-electron chi connectivity index (χ0n) is 8.72. The van der Waals surface area contributed by atoms with Gasteiger partial charge in [0.2, 0.25) is 0 Å². The van der Waals surface area contributed by atoms with Crippen molar-refractivity contribution in [2.75, 3.05) is 0 Å². The third-order valence-corrected chi connectivity index (χ3v) is 2.07. The van der Waals surface area contributed by atoms with Gasteiger partial charge >= 0.3 is 33.0 Å². The molecule has 0 bridgehead atoms. The molecule has 0 heterocycles. The van der Waals surface area contributed by atoms with Gasteiger partial charge in [-0.25, -0.2) is 0 Å². The molecule has 0 aromatic heterocycles. The Kier molecular flexibility index (Phi) is 10.9. The van der Waals surface area contributed by atoms with E-state index in [4.69, 9.17) is 21.7 Å². The van der Waals surface area contributed by atoms with Gasteiger partial charge in [0.05, 0.1) is 0 Å². The van der Waals surface area contributed by atoms with E-state index in [1.807, 2.05) is 0 Å². The van der Waals surface area contributed by atoms with E-state index in [0.29, 0.717) is 0 Å². The van der Waals surface area contributed by atoms with Crippen molar-refractivity contribution >= 4 is 11.9 Å². The quantitative estimate of drug-likeness (QED) is 0.675. The molecule has 96 valence electrons. The molecule has 1 saturated carbocycles. The third kappa shape index (κ3) is 10.1. The van der Waals surface area contributed by atoms with E-state index in [0.717, 1.165) is 12.8 Å². The Balaban J connectivity index is 0. The van der Waals surface area contributed by atoms with E-state index >= 15 is 0 Å². The van der Waals surface area contributed by atoms with Crippen LogP contribution in [-0.4, -0.2) is 34.2 Å². The molecule has 0 aromatic rings. The molecule has 0 aliphatic heterocycles. The molecule has 6 nitrogen and oxygen atoms in total. The minimum absolute atomic E-state index is 0. The zero-order chi connectivity index (χ0) is 11.8. The summed E-state index contributed by atoms with van der Waals surface area (Å²) in [5, 5.41) is 15.4. The molecule has 0 amide bonds. The molecular formula is C9H16N2O4Pt. The number of hydrogen-bond acceptors (Lipinski definition) is 2. The van der Waals surface area contributed by atoms with Gasteiger partial charge in [0.15, 0.2) is 0 Å². The minimum atomic E-state index is -1.31. The predicted molar refractivity (Wildman–Crippen MR) is 54.6 cm³/mol. The van der Waals surface area contributed by atoms with E-state index in [1.54, 1.807) is 0 Å². The number of hydrogen-bond donors (Lipinski definition) is 2. The first-order valence-electron chi connectivity index (χ1n) is 4.79. The van der Waals surface area contributed by atoms with Crippen LogP contribution in [0.3, 0.4) is 0 Å². The molecule has 0 radical (unpaired) electrons. The van der Waals surface area contributed by atoms with Gasteiger partial charge in [0, 0.05) is 0 Å². The molecule has 0 saturated heterocycles. The molecule has 1 rings (SSSR count). The van der Waals surface area contributed by atoms with Crippen molar-refractivity contribution in [3.63, 3.8) is 0 Å². The molecule has 4 N–H and O–H groups in total. The average Bonchev–Trinajstić information content (AvgIpc) is 2.08. The van der Waals surface area contributed by atoms with Crippen molar-refractivity contribution in [3.05, 3.63) is 11.5 Å². The van der Waals surface area contributed by atoms with E-state index in [1.165, 1.54) is 12.8 Å². The summed E-state index contributed by atoms with van der Waals surface area (Å²) < 4.78 is 0. The van der Waals surface area contributed by atoms with Crippen molar-refractivity contribution in [2.45, 2.75) is 44.2 Å². The van der Waals surface area contributed by atoms with Crippen LogP contribution in [0.15, 0.2) is 0 Å². The Hall–Kier alpha value is -0.452. The van der Waals surface area contributed by atoms with E-state index in [9.17, 15) is 9.59 Å². The number of rotatable bonds is 2. The van der Waals surface area contributed by atoms with Gasteiger partial charge in [0.25, 0.3) is 0 Å². The second-order valence-corrected chi connectivity index (χ2v) is 3.46. The van der Waals surface area contributed by atoms with Crippen molar-refractivity contribution in [1.82, 2.24) is 0 Å². The van der Waals surface area contributed by atoms with Crippen LogP contribution < -0.4 is 0 Å². The number of aliphatic carboxylic acids is 2. The zero-order valence-corrected chi connectivity index (χ0v) is 11.0. The largest absolute Gasteiger partial charge is 2.00 e. The van der Waals surface area contributed by atoms with Gasteiger partial charge in [-0.2, -0.15) is 12.1 Å². The van der Waals surface area contributed by atoms with Crippen molar-refractivity contribution in [2.24, 2.45) is 0 Å². The van der Waals surface area contributed by atoms with Crippen LogP contribution in [0.2, 0.25) is 0 Å². The maximum atomic E-state index is 9.43. The monoisotopic (exact) mass is 411 g/mol. The minimum Gasteiger partial charge on any atom is -0.676 e. The summed E-state index contributed by atoms with van der Waals surface area (Å²) in [6, 6.07) is -0.160. The smallest absolute Gasteiger partial charge is 0.676 e. The fourth-order valence-electron chi connectivity index (χ4n) is 1.26. The normalized spacial score (nSPS) is 23.4. The molecule has 0 unspecified atom stereocenters. The standard InChI is InChI=1S/C6H12N2.C3H4O4.Pt/c7-5-3-1-2-4-6(5)8;4-2(5)1-3(6)7;/h5-8H,1-4H2;1H2,(H,4,5)(H,6,7);/q-2;;+2/t5-,6-;;/m0../s1. The first-order valence-corrected chi connectivity index (χ1v) is 4.79. The summed E-state index contributed by atoms with van der Waals surface area (Å²) in [5.74, 6) is -2.62. The maximum absolute atomic E-state index is 9.43. The summed E-state index contributed by atoms with van der Waals surface area (Å²) in [4.78, 5) is 18.9. The molecule has 2 atom stereocenters. The maximum Gasteiger partial charge on any atom is 2.00 e. The summed E-state index contributed by atoms with van der Waals surface area (Å²) in [6.45, 7) is 0. The van der Waals surface area contributed by atoms with Crippen molar-refractivity contribution in [3.8, 4) is 0 Å². The molecule has 0 spiro atoms. The van der Waals surface area contributed by atoms with Gasteiger partial charge in [-0.05, 0) is 0 Å². The first-order chi connectivity index (χ1) is 6.93. The Morgan fingerprint density at radius 1 is 1.00 bits per heavy atom. The van der Waals surface area contributed by atoms with E-state index in [2.05, 4.69) is 0 Å². The van der Waals surface area contributed by atoms with Gasteiger partial charge in [0.1, 0.15) is 6.42 Å². The van der Waals surface area contributed by atoms with E-state index in [-0.39, 0.29) is 33.1 Å². The third-order valence-electron chi connectivity index (χ3n) is 2.07. The molecule has 16 heavy (non-hydrogen) atoms. The molecule has 1 fully saturated rings. The van der Waals surface area contributed by atoms with Gasteiger partial charge in [-0.15, -0.1) is 0 Å². The molecule has 0 aromatic carbocycles. The van der Waals surface area contributed by atoms with Gasteiger partial charge < -0.3 is 21.7 Å². The molecular weight excluding hydrogens is 395 g/mol. The first kappa shape index (κ1) is 17.9. The Labute approximate surface area is 109 Å². The second-order valence-electron chi connectivity index (χ2n) is 3.46. The Morgan fingerprint density at radius 2 is 1.31 bits per heavy atom. The van der Waals surface area contributed by atoms with Crippen molar-refractivity contribution < 1.29 is 40.9 Å². The predicted octanol–water partition coefficient (Wildman–Crippen LogP) is 1.95. The number of carboxylic acid groups (broad SMARTS) is 2. The average molecular weight is 411 g/mol. The second kappa shape index (κ2) is 9.75. The van der Waals surface area contributed by atoms with Crippen LogP contribution in [0, 0.1) is 0 Å². The summed E-state index contributed by atoms with van der Waals surface area (Å²) >= 11 is 0. The Morgan fingerprint density at radius 3 is 1.44 bits per heavy atom. The molecule has 1 aliphatic rings. The van der Waals surface area contributed by atoms with Crippen LogP contribution in [0.25, 0.3) is 11.5 Å². The van der Waals surface area contributed by atoms with Crippen LogP contribution in [-0.2, 0) is 30.7 Å². The summed E-state index contributed by atoms with van der Waals surface area (Å²) in [6.07, 6.45) is 3.44. The Bertz CT molecular complexity index is 204. The number of carbonyl (C=O) groups is 2. The summed E-state index contributed by atoms with van der Waals surface area (Å²) in [5.41, 5.74) is 14.6.